The smallest absolute Gasteiger partial charge is 0.407 e. The average Bonchev–Trinajstić information content (AvgIpc) is 4.01. The third kappa shape index (κ3) is 14.5. The Morgan fingerprint density at radius 3 is 2.63 bits per heavy atom. The Kier molecular flexibility index (Phi) is 19.8. The number of likely N-dealkylation sites (tertiary alicyclic amines) is 1. The molecule has 3 amide bonds. The van der Waals surface area contributed by atoms with Gasteiger partial charge in [-0.05, 0) is 87.6 Å². The van der Waals surface area contributed by atoms with Gasteiger partial charge in [-0.3, -0.25) is 19.6 Å². The summed E-state index contributed by atoms with van der Waals surface area (Å²) >= 11 is 5.21. The van der Waals surface area contributed by atoms with Crippen LogP contribution >= 0.6 is 12.2 Å². The van der Waals surface area contributed by atoms with E-state index in [-0.39, 0.29) is 28.8 Å². The number of nitrogens with one attached hydrogen (secondary N) is 2. The van der Waals surface area contributed by atoms with Crippen LogP contribution in [0.15, 0.2) is 95.2 Å². The number of carbonyl (C=O) groups excluding carboxylic acids is 3. The number of hydrogen-bond acceptors (Lipinski definition) is 9. The predicted molar refractivity (Wildman–Crippen MR) is 269 cm³/mol. The minimum absolute atomic E-state index is 0.00763. The van der Waals surface area contributed by atoms with Crippen molar-refractivity contribution in [1.82, 2.24) is 30.0 Å². The van der Waals surface area contributed by atoms with Gasteiger partial charge in [0.15, 0.2) is 6.17 Å². The monoisotopic (exact) mass is 955 g/mol. The molecule has 7 atom stereocenters. The number of carbonyl (C=O) groups is 3. The number of imidazole rings is 1. The molecule has 5 rings (SSSR count). The van der Waals surface area contributed by atoms with E-state index in [1.54, 1.807) is 30.0 Å². The zero-order valence-corrected chi connectivity index (χ0v) is 41.3. The third-order valence-electron chi connectivity index (χ3n) is 12.5. The molecule has 2 aliphatic carbocycles. The van der Waals surface area contributed by atoms with Crippen LogP contribution in [-0.4, -0.2) is 112 Å². The Bertz CT molecular complexity index is 2300. The zero-order chi connectivity index (χ0) is 49.4. The van der Waals surface area contributed by atoms with E-state index in [0.717, 1.165) is 60.3 Å². The lowest BCUT2D eigenvalue weighted by atomic mass is 9.95. The van der Waals surface area contributed by atoms with Crippen molar-refractivity contribution in [2.75, 3.05) is 33.9 Å². The molecule has 0 aromatic carbocycles. The quantitative estimate of drug-likeness (QED) is 0.0726. The summed E-state index contributed by atoms with van der Waals surface area (Å²) in [6.45, 7) is 12.4. The van der Waals surface area contributed by atoms with Crippen molar-refractivity contribution in [3.8, 4) is 11.8 Å². The van der Waals surface area contributed by atoms with E-state index in [2.05, 4.69) is 64.4 Å². The van der Waals surface area contributed by atoms with E-state index in [4.69, 9.17) is 31.7 Å². The van der Waals surface area contributed by atoms with Crippen LogP contribution in [0.25, 0.3) is 5.57 Å². The first kappa shape index (κ1) is 53.0. The standard InChI is InChI=1S/C52H68F2N8O5S/c1-9-29-61(48(63)45(35(3)4)59-51(68)67-8)33-44-55-31-41(57-44)39-21-17-16-19-37(27-25-36(5)26-28-39)20-18-24-38(10-2)43-32-56-47(60(43)6)42-30-52(53,54)34-62(42)49(64)46(58-50(65)66-7)40-22-14-12-11-13-15-23-40/h10-12,15-16,18-19,23-24,26,28,31-32,35,37,39-40,42,44-46H,5,9,13,17,20-21,25,27,29-30,33-34H2,1-4,6-8H3,(H,58,65)(H,59,68)/b12-11?,19-16-,23-15?,24-18?,28-26?,38-10?. The van der Waals surface area contributed by atoms with Crippen molar-refractivity contribution in [3.63, 3.8) is 0 Å². The van der Waals surface area contributed by atoms with Crippen molar-refractivity contribution in [2.45, 2.75) is 109 Å². The predicted octanol–water partition coefficient (Wildman–Crippen LogP) is 8.65. The van der Waals surface area contributed by atoms with E-state index in [1.807, 2.05) is 63.1 Å². The number of thiocarbonyl (C=S) groups is 1. The number of allylic oxidation sites excluding steroid dienone is 12. The lowest BCUT2D eigenvalue weighted by molar-refractivity contribution is -0.136. The van der Waals surface area contributed by atoms with Gasteiger partial charge in [0.25, 0.3) is 11.1 Å². The number of hydrogen-bond donors (Lipinski definition) is 2. The van der Waals surface area contributed by atoms with E-state index in [0.29, 0.717) is 31.0 Å². The maximum atomic E-state index is 15.3. The first-order valence-electron chi connectivity index (χ1n) is 23.6. The average molecular weight is 955 g/mol. The molecule has 1 fully saturated rings. The summed E-state index contributed by atoms with van der Waals surface area (Å²) in [7, 11) is 4.42. The Hall–Kier alpha value is -5.95. The number of ether oxygens (including phenoxy) is 2. The molecule has 1 saturated heterocycles. The van der Waals surface area contributed by atoms with Crippen molar-refractivity contribution in [1.29, 1.82) is 0 Å². The summed E-state index contributed by atoms with van der Waals surface area (Å²) in [5.74, 6) is 1.71. The van der Waals surface area contributed by atoms with Gasteiger partial charge in [-0.1, -0.05) is 106 Å². The van der Waals surface area contributed by atoms with Crippen LogP contribution in [0.3, 0.4) is 0 Å². The third-order valence-corrected chi connectivity index (χ3v) is 12.7. The van der Waals surface area contributed by atoms with Crippen LogP contribution in [0.2, 0.25) is 0 Å². The number of aliphatic imine (C=N–C) groups is 2. The van der Waals surface area contributed by atoms with E-state index in [1.165, 1.54) is 14.2 Å². The van der Waals surface area contributed by atoms with Crippen molar-refractivity contribution in [3.05, 3.63) is 96.7 Å². The van der Waals surface area contributed by atoms with Gasteiger partial charge < -0.3 is 34.5 Å². The number of alkyl halides is 2. The fourth-order valence-corrected chi connectivity index (χ4v) is 8.84. The molecule has 68 heavy (non-hydrogen) atoms. The molecular formula is C52H68F2N8O5S. The summed E-state index contributed by atoms with van der Waals surface area (Å²) in [6.07, 6.45) is 29.0. The number of aromatic nitrogens is 2. The normalized spacial score (nSPS) is 24.0. The van der Waals surface area contributed by atoms with Gasteiger partial charge in [0.1, 0.15) is 17.9 Å². The van der Waals surface area contributed by atoms with E-state index >= 15 is 8.78 Å². The molecule has 3 heterocycles. The van der Waals surface area contributed by atoms with Gasteiger partial charge in [-0.25, -0.2) is 18.6 Å². The highest BCUT2D eigenvalue weighted by Gasteiger charge is 2.51. The second kappa shape index (κ2) is 25.4. The number of halogens is 2. The first-order chi connectivity index (χ1) is 32.6. The molecule has 7 unspecified atom stereocenters. The highest BCUT2D eigenvalue weighted by Crippen LogP contribution is 2.42. The summed E-state index contributed by atoms with van der Waals surface area (Å²) in [6, 6.07) is -2.84. The molecule has 366 valence electrons. The molecule has 0 saturated carbocycles. The van der Waals surface area contributed by atoms with Crippen LogP contribution in [-0.2, 0) is 26.1 Å². The lowest BCUT2D eigenvalue weighted by Crippen LogP contribution is -2.52. The number of methoxy groups -OCH3 is 2. The van der Waals surface area contributed by atoms with Gasteiger partial charge in [0.2, 0.25) is 11.8 Å². The van der Waals surface area contributed by atoms with Crippen LogP contribution in [0.4, 0.5) is 13.6 Å². The molecule has 13 nitrogen and oxygen atoms in total. The fraction of sp³-hybridized carbons (Fsp3) is 0.519. The van der Waals surface area contributed by atoms with Crippen LogP contribution in [0.5, 0.6) is 0 Å². The van der Waals surface area contributed by atoms with Gasteiger partial charge in [0.05, 0.1) is 56.9 Å². The molecule has 2 N–H and O–H groups in total. The second-order valence-corrected chi connectivity index (χ2v) is 18.2. The molecule has 1 aromatic rings. The van der Waals surface area contributed by atoms with Gasteiger partial charge in [-0.2, -0.15) is 0 Å². The van der Waals surface area contributed by atoms with Crippen molar-refractivity contribution >= 4 is 52.8 Å². The summed E-state index contributed by atoms with van der Waals surface area (Å²) in [4.78, 5) is 57.6. The molecule has 0 radical (unpaired) electrons. The summed E-state index contributed by atoms with van der Waals surface area (Å²) in [5, 5.41) is 5.79. The molecule has 2 aliphatic heterocycles. The summed E-state index contributed by atoms with van der Waals surface area (Å²) < 4.78 is 42.3. The zero-order valence-electron chi connectivity index (χ0n) is 40.5. The fourth-order valence-electron chi connectivity index (χ4n) is 8.71. The maximum absolute atomic E-state index is 15.3. The number of nitrogens with zero attached hydrogens (tertiary/aromatic N) is 6. The van der Waals surface area contributed by atoms with E-state index < -0.39 is 61.1 Å². The Morgan fingerprint density at radius 2 is 1.91 bits per heavy atom. The molecule has 16 heteroatoms. The highest BCUT2D eigenvalue weighted by atomic mass is 32.1. The Morgan fingerprint density at radius 1 is 1.12 bits per heavy atom. The molecule has 0 bridgehead atoms. The maximum Gasteiger partial charge on any atom is 0.407 e. The van der Waals surface area contributed by atoms with Gasteiger partial charge >= 0.3 is 6.09 Å². The summed E-state index contributed by atoms with van der Waals surface area (Å²) in [5.41, 5.74) is 3.47. The van der Waals surface area contributed by atoms with Crippen LogP contribution < -0.4 is 10.6 Å². The molecular weight excluding hydrogens is 887 g/mol. The lowest BCUT2D eigenvalue weighted by Gasteiger charge is -2.30. The number of rotatable bonds is 16. The minimum atomic E-state index is -3.18. The number of amides is 3. The molecule has 4 aliphatic rings. The number of alkyl carbamates (subject to hydrolysis) is 1. The van der Waals surface area contributed by atoms with Crippen molar-refractivity contribution < 1.29 is 32.6 Å². The van der Waals surface area contributed by atoms with Gasteiger partial charge in [-0.15, -0.1) is 0 Å². The topological polar surface area (TPSA) is 143 Å². The SMILES string of the molecule is C=C1C=CC(C2=NC(CN(CCC)C(=O)C(NC(=S)OC)C(C)C)N=C2)CC/C=C\C(CC=CC(=CC)c2cnc(C3CC(F)(F)CN3C(=O)C(NC(=O)OC)C3C#CC=CCC=C3)n2C)CC1. The molecule has 1 aromatic heterocycles. The van der Waals surface area contributed by atoms with E-state index in [9.17, 15) is 14.4 Å². The molecule has 0 spiro atoms. The van der Waals surface area contributed by atoms with Crippen LogP contribution in [0.1, 0.15) is 96.6 Å². The largest absolute Gasteiger partial charge is 0.474 e. The second-order valence-electron chi connectivity index (χ2n) is 17.9. The van der Waals surface area contributed by atoms with Crippen molar-refractivity contribution in [2.24, 2.45) is 40.7 Å². The van der Waals surface area contributed by atoms with Crippen LogP contribution in [0, 0.1) is 35.5 Å². The highest BCUT2D eigenvalue weighted by molar-refractivity contribution is 7.80. The first-order valence-corrected chi connectivity index (χ1v) is 24.0. The minimum Gasteiger partial charge on any atom is -0.474 e. The Labute approximate surface area is 406 Å². The van der Waals surface area contributed by atoms with Gasteiger partial charge in [0, 0.05) is 32.1 Å². The Balaban J connectivity index is 1.24.